The van der Waals surface area contributed by atoms with Crippen LogP contribution in [0.1, 0.15) is 36.5 Å². The van der Waals surface area contributed by atoms with Crippen molar-refractivity contribution in [3.8, 4) is 0 Å². The molecule has 1 aliphatic heterocycles. The highest BCUT2D eigenvalue weighted by Gasteiger charge is 2.24. The SMILES string of the molecule is CNc1ccc(C(=O)OCC(=O)N2CCCC[C@@H]2C)cc1[N+](=O)[O-]. The summed E-state index contributed by atoms with van der Waals surface area (Å²) < 4.78 is 5.03. The molecule has 24 heavy (non-hydrogen) atoms. The molecule has 1 amide bonds. The number of ether oxygens (including phenoxy) is 1. The third-order valence-corrected chi connectivity index (χ3v) is 4.15. The molecule has 0 aliphatic carbocycles. The van der Waals surface area contributed by atoms with E-state index in [4.69, 9.17) is 4.74 Å². The van der Waals surface area contributed by atoms with Crippen molar-refractivity contribution in [2.75, 3.05) is 25.5 Å². The highest BCUT2D eigenvalue weighted by Crippen LogP contribution is 2.25. The van der Waals surface area contributed by atoms with Crippen molar-refractivity contribution in [2.24, 2.45) is 0 Å². The molecule has 0 radical (unpaired) electrons. The van der Waals surface area contributed by atoms with Gasteiger partial charge in [0.15, 0.2) is 6.61 Å². The van der Waals surface area contributed by atoms with Gasteiger partial charge in [0.1, 0.15) is 5.69 Å². The first kappa shape index (κ1) is 17.7. The van der Waals surface area contributed by atoms with Crippen LogP contribution >= 0.6 is 0 Å². The number of piperidine rings is 1. The van der Waals surface area contributed by atoms with E-state index in [1.165, 1.54) is 12.1 Å². The van der Waals surface area contributed by atoms with Gasteiger partial charge in [0.25, 0.3) is 11.6 Å². The van der Waals surface area contributed by atoms with Gasteiger partial charge >= 0.3 is 5.97 Å². The third kappa shape index (κ3) is 4.01. The maximum Gasteiger partial charge on any atom is 0.338 e. The van der Waals surface area contributed by atoms with Crippen LogP contribution in [0, 0.1) is 10.1 Å². The van der Waals surface area contributed by atoms with E-state index in [-0.39, 0.29) is 29.8 Å². The smallest absolute Gasteiger partial charge is 0.338 e. The molecule has 0 spiro atoms. The van der Waals surface area contributed by atoms with Crippen molar-refractivity contribution in [3.05, 3.63) is 33.9 Å². The first-order valence-electron chi connectivity index (χ1n) is 7.87. The zero-order valence-corrected chi connectivity index (χ0v) is 13.8. The number of amides is 1. The standard InChI is InChI=1S/C16H21N3O5/c1-11-5-3-4-8-18(11)15(20)10-24-16(21)12-6-7-13(17-2)14(9-12)19(22)23/h6-7,9,11,17H,3-5,8,10H2,1-2H3/t11-/m0/s1. The average Bonchev–Trinajstić information content (AvgIpc) is 2.59. The molecule has 1 heterocycles. The van der Waals surface area contributed by atoms with Crippen LogP contribution in [0.5, 0.6) is 0 Å². The second-order valence-electron chi connectivity index (χ2n) is 5.75. The average molecular weight is 335 g/mol. The minimum atomic E-state index is -0.751. The highest BCUT2D eigenvalue weighted by molar-refractivity contribution is 5.93. The molecule has 0 aromatic heterocycles. The lowest BCUT2D eigenvalue weighted by Crippen LogP contribution is -2.44. The second-order valence-corrected chi connectivity index (χ2v) is 5.75. The summed E-state index contributed by atoms with van der Waals surface area (Å²) in [5.41, 5.74) is 0.123. The van der Waals surface area contributed by atoms with Gasteiger partial charge in [0, 0.05) is 25.7 Å². The summed E-state index contributed by atoms with van der Waals surface area (Å²) in [7, 11) is 1.55. The number of anilines is 1. The maximum atomic E-state index is 12.2. The molecule has 8 nitrogen and oxygen atoms in total. The van der Waals surface area contributed by atoms with Crippen molar-refractivity contribution in [3.63, 3.8) is 0 Å². The maximum absolute atomic E-state index is 12.2. The number of nitro groups is 1. The van der Waals surface area contributed by atoms with Gasteiger partial charge in [-0.15, -0.1) is 0 Å². The quantitative estimate of drug-likeness (QED) is 0.503. The summed E-state index contributed by atoms with van der Waals surface area (Å²) in [6.45, 7) is 2.28. The summed E-state index contributed by atoms with van der Waals surface area (Å²) in [5, 5.41) is 13.7. The van der Waals surface area contributed by atoms with E-state index in [1.54, 1.807) is 11.9 Å². The Hall–Kier alpha value is -2.64. The molecule has 1 atom stereocenters. The molecule has 1 saturated heterocycles. The predicted octanol–water partition coefficient (Wildman–Crippen LogP) is 2.19. The van der Waals surface area contributed by atoms with Gasteiger partial charge in [0.2, 0.25) is 0 Å². The molecule has 1 fully saturated rings. The van der Waals surface area contributed by atoms with E-state index >= 15 is 0 Å². The number of hydrogen-bond donors (Lipinski definition) is 1. The van der Waals surface area contributed by atoms with Crippen LogP contribution < -0.4 is 5.32 Å². The van der Waals surface area contributed by atoms with E-state index in [0.717, 1.165) is 25.3 Å². The third-order valence-electron chi connectivity index (χ3n) is 4.15. The van der Waals surface area contributed by atoms with E-state index in [1.807, 2.05) is 6.92 Å². The molecule has 1 aromatic carbocycles. The lowest BCUT2D eigenvalue weighted by Gasteiger charge is -2.33. The van der Waals surface area contributed by atoms with Crippen molar-refractivity contribution in [1.82, 2.24) is 4.90 Å². The molecule has 2 rings (SSSR count). The van der Waals surface area contributed by atoms with E-state index < -0.39 is 10.9 Å². The summed E-state index contributed by atoms with van der Waals surface area (Å²) >= 11 is 0. The number of esters is 1. The van der Waals surface area contributed by atoms with Crippen LogP contribution in [-0.2, 0) is 9.53 Å². The Bertz CT molecular complexity index is 647. The Labute approximate surface area is 139 Å². The molecule has 1 aromatic rings. The predicted molar refractivity (Wildman–Crippen MR) is 88.0 cm³/mol. The van der Waals surface area contributed by atoms with Crippen molar-refractivity contribution >= 4 is 23.3 Å². The molecule has 8 heteroatoms. The number of carbonyl (C=O) groups is 2. The van der Waals surface area contributed by atoms with Crippen molar-refractivity contribution < 1.29 is 19.2 Å². The number of nitrogens with zero attached hydrogens (tertiary/aromatic N) is 2. The molecule has 0 bridgehead atoms. The molecule has 130 valence electrons. The summed E-state index contributed by atoms with van der Waals surface area (Å²) in [5.74, 6) is -0.990. The van der Waals surface area contributed by atoms with Gasteiger partial charge in [-0.2, -0.15) is 0 Å². The summed E-state index contributed by atoms with van der Waals surface area (Å²) in [6.07, 6.45) is 2.98. The number of benzene rings is 1. The molecular formula is C16H21N3O5. The Morgan fingerprint density at radius 3 is 2.79 bits per heavy atom. The number of rotatable bonds is 5. The number of hydrogen-bond acceptors (Lipinski definition) is 6. The molecular weight excluding hydrogens is 314 g/mol. The normalized spacial score (nSPS) is 17.2. The Morgan fingerprint density at radius 2 is 2.17 bits per heavy atom. The topological polar surface area (TPSA) is 102 Å². The van der Waals surface area contributed by atoms with Crippen LogP contribution in [0.15, 0.2) is 18.2 Å². The molecule has 1 aliphatic rings. The molecule has 1 N–H and O–H groups in total. The summed E-state index contributed by atoms with van der Waals surface area (Å²) in [4.78, 5) is 36.4. The van der Waals surface area contributed by atoms with Crippen LogP contribution in [0.2, 0.25) is 0 Å². The highest BCUT2D eigenvalue weighted by atomic mass is 16.6. The van der Waals surface area contributed by atoms with Gasteiger partial charge in [-0.1, -0.05) is 0 Å². The largest absolute Gasteiger partial charge is 0.452 e. The first-order valence-corrected chi connectivity index (χ1v) is 7.87. The Balaban J connectivity index is 2.01. The van der Waals surface area contributed by atoms with Crippen LogP contribution in [0.3, 0.4) is 0 Å². The van der Waals surface area contributed by atoms with Crippen LogP contribution in [-0.4, -0.2) is 47.9 Å². The van der Waals surface area contributed by atoms with Gasteiger partial charge in [-0.3, -0.25) is 14.9 Å². The lowest BCUT2D eigenvalue weighted by molar-refractivity contribution is -0.384. The number of nitrogens with one attached hydrogen (secondary N) is 1. The second kappa shape index (κ2) is 7.76. The Morgan fingerprint density at radius 1 is 1.42 bits per heavy atom. The zero-order valence-electron chi connectivity index (χ0n) is 13.8. The van der Waals surface area contributed by atoms with Gasteiger partial charge in [0.05, 0.1) is 10.5 Å². The first-order chi connectivity index (χ1) is 11.4. The van der Waals surface area contributed by atoms with Crippen LogP contribution in [0.4, 0.5) is 11.4 Å². The Kier molecular flexibility index (Phi) is 5.73. The van der Waals surface area contributed by atoms with E-state index in [2.05, 4.69) is 5.32 Å². The number of carbonyl (C=O) groups excluding carboxylic acids is 2. The number of likely N-dealkylation sites (tertiary alicyclic amines) is 1. The van der Waals surface area contributed by atoms with Gasteiger partial charge in [-0.25, -0.2) is 4.79 Å². The minimum Gasteiger partial charge on any atom is -0.452 e. The minimum absolute atomic E-state index is 0.0418. The van der Waals surface area contributed by atoms with Gasteiger partial charge < -0.3 is 15.0 Å². The number of nitro benzene ring substituents is 1. The molecule has 0 saturated carbocycles. The van der Waals surface area contributed by atoms with Crippen molar-refractivity contribution in [2.45, 2.75) is 32.2 Å². The van der Waals surface area contributed by atoms with Crippen LogP contribution in [0.25, 0.3) is 0 Å². The van der Waals surface area contributed by atoms with E-state index in [9.17, 15) is 19.7 Å². The zero-order chi connectivity index (χ0) is 17.7. The fourth-order valence-electron chi connectivity index (χ4n) is 2.78. The van der Waals surface area contributed by atoms with E-state index in [0.29, 0.717) is 12.2 Å². The van der Waals surface area contributed by atoms with Crippen molar-refractivity contribution in [1.29, 1.82) is 0 Å². The fraction of sp³-hybridized carbons (Fsp3) is 0.500. The van der Waals surface area contributed by atoms with Gasteiger partial charge in [-0.05, 0) is 38.3 Å². The molecule has 0 unspecified atom stereocenters. The monoisotopic (exact) mass is 335 g/mol. The summed E-state index contributed by atoms with van der Waals surface area (Å²) in [6, 6.07) is 4.14. The fourth-order valence-corrected chi connectivity index (χ4v) is 2.78. The lowest BCUT2D eigenvalue weighted by atomic mass is 10.0.